The van der Waals surface area contributed by atoms with E-state index >= 15 is 0 Å². The summed E-state index contributed by atoms with van der Waals surface area (Å²) >= 11 is 0. The van der Waals surface area contributed by atoms with Gasteiger partial charge in [0.15, 0.2) is 0 Å². The zero-order chi connectivity index (χ0) is 13.8. The van der Waals surface area contributed by atoms with Gasteiger partial charge in [0, 0.05) is 12.6 Å². The number of amides is 1. The molecule has 1 saturated heterocycles. The van der Waals surface area contributed by atoms with Crippen molar-refractivity contribution < 1.29 is 14.7 Å². The Hall–Kier alpha value is -1.10. The Kier molecular flexibility index (Phi) is 4.80. The van der Waals surface area contributed by atoms with Gasteiger partial charge in [-0.2, -0.15) is 0 Å². The van der Waals surface area contributed by atoms with Crippen LogP contribution in [0.1, 0.15) is 39.0 Å². The van der Waals surface area contributed by atoms with Crippen LogP contribution in [-0.4, -0.2) is 47.6 Å². The standard InChI is InChI=1S/C14H24N2O3/c1-10-4-2-3-5-12(10)15-13(17)9-16-7-6-11(8-16)14(18)19/h10-12H,2-9H2,1H3,(H,15,17)(H,18,19)/t10-,11-,12+/m1/s1. The zero-order valence-electron chi connectivity index (χ0n) is 11.6. The van der Waals surface area contributed by atoms with Gasteiger partial charge in [0.05, 0.1) is 12.5 Å². The summed E-state index contributed by atoms with van der Waals surface area (Å²) in [6.45, 7) is 3.75. The summed E-state index contributed by atoms with van der Waals surface area (Å²) in [5, 5.41) is 12.0. The highest BCUT2D eigenvalue weighted by Crippen LogP contribution is 2.23. The van der Waals surface area contributed by atoms with Gasteiger partial charge in [-0.25, -0.2) is 0 Å². The number of carbonyl (C=O) groups is 2. The van der Waals surface area contributed by atoms with E-state index in [1.807, 2.05) is 4.90 Å². The van der Waals surface area contributed by atoms with Gasteiger partial charge in [-0.1, -0.05) is 19.8 Å². The Morgan fingerprint density at radius 2 is 2.00 bits per heavy atom. The molecular weight excluding hydrogens is 244 g/mol. The highest BCUT2D eigenvalue weighted by Gasteiger charge is 2.30. The molecule has 1 heterocycles. The first-order chi connectivity index (χ1) is 9.06. The zero-order valence-corrected chi connectivity index (χ0v) is 11.6. The maximum Gasteiger partial charge on any atom is 0.307 e. The van der Waals surface area contributed by atoms with E-state index < -0.39 is 5.97 Å². The van der Waals surface area contributed by atoms with Crippen molar-refractivity contribution in [3.8, 4) is 0 Å². The maximum absolute atomic E-state index is 12.0. The van der Waals surface area contributed by atoms with Gasteiger partial charge < -0.3 is 10.4 Å². The van der Waals surface area contributed by atoms with E-state index in [2.05, 4.69) is 12.2 Å². The van der Waals surface area contributed by atoms with Gasteiger partial charge in [-0.05, 0) is 31.7 Å². The quantitative estimate of drug-likeness (QED) is 0.800. The van der Waals surface area contributed by atoms with Crippen molar-refractivity contribution in [3.05, 3.63) is 0 Å². The third kappa shape index (κ3) is 3.93. The maximum atomic E-state index is 12.0. The average molecular weight is 268 g/mol. The van der Waals surface area contributed by atoms with E-state index in [1.165, 1.54) is 19.3 Å². The average Bonchev–Trinajstić information content (AvgIpc) is 2.80. The highest BCUT2D eigenvalue weighted by atomic mass is 16.4. The predicted molar refractivity (Wildman–Crippen MR) is 71.7 cm³/mol. The van der Waals surface area contributed by atoms with Crippen LogP contribution in [0.2, 0.25) is 0 Å². The minimum absolute atomic E-state index is 0.0461. The molecule has 0 aromatic heterocycles. The molecule has 108 valence electrons. The topological polar surface area (TPSA) is 69.6 Å². The summed E-state index contributed by atoms with van der Waals surface area (Å²) in [4.78, 5) is 24.8. The Morgan fingerprint density at radius 1 is 1.26 bits per heavy atom. The van der Waals surface area contributed by atoms with Crippen molar-refractivity contribution in [2.45, 2.75) is 45.1 Å². The molecule has 5 nitrogen and oxygen atoms in total. The van der Waals surface area contributed by atoms with Crippen LogP contribution in [0, 0.1) is 11.8 Å². The monoisotopic (exact) mass is 268 g/mol. The van der Waals surface area contributed by atoms with E-state index in [9.17, 15) is 9.59 Å². The van der Waals surface area contributed by atoms with Gasteiger partial charge in [0.25, 0.3) is 0 Å². The molecule has 1 aliphatic carbocycles. The van der Waals surface area contributed by atoms with Gasteiger partial charge >= 0.3 is 5.97 Å². The van der Waals surface area contributed by atoms with Gasteiger partial charge in [0.1, 0.15) is 0 Å². The largest absolute Gasteiger partial charge is 0.481 e. The second-order valence-electron chi connectivity index (χ2n) is 5.99. The van der Waals surface area contributed by atoms with E-state index in [4.69, 9.17) is 5.11 Å². The lowest BCUT2D eigenvalue weighted by molar-refractivity contribution is -0.141. The number of hydrogen-bond donors (Lipinski definition) is 2. The molecular formula is C14H24N2O3. The number of carbonyl (C=O) groups excluding carboxylic acids is 1. The lowest BCUT2D eigenvalue weighted by Crippen LogP contribution is -2.45. The normalized spacial score (nSPS) is 32.2. The molecule has 2 fully saturated rings. The van der Waals surface area contributed by atoms with Gasteiger partial charge in [0.2, 0.25) is 5.91 Å². The van der Waals surface area contributed by atoms with E-state index in [1.54, 1.807) is 0 Å². The van der Waals surface area contributed by atoms with E-state index in [-0.39, 0.29) is 11.8 Å². The molecule has 2 aliphatic rings. The van der Waals surface area contributed by atoms with Crippen molar-refractivity contribution in [2.24, 2.45) is 11.8 Å². The second kappa shape index (κ2) is 6.37. The predicted octanol–water partition coefficient (Wildman–Crippen LogP) is 1.09. The molecule has 2 rings (SSSR count). The lowest BCUT2D eigenvalue weighted by atomic mass is 9.86. The van der Waals surface area contributed by atoms with Crippen molar-refractivity contribution in [2.75, 3.05) is 19.6 Å². The third-order valence-electron chi connectivity index (χ3n) is 4.45. The molecule has 0 aromatic rings. The molecule has 0 radical (unpaired) electrons. The van der Waals surface area contributed by atoms with Crippen LogP contribution < -0.4 is 5.32 Å². The van der Waals surface area contributed by atoms with E-state index in [0.717, 1.165) is 6.42 Å². The fourth-order valence-electron chi connectivity index (χ4n) is 3.16. The summed E-state index contributed by atoms with van der Waals surface area (Å²) in [5.41, 5.74) is 0. The summed E-state index contributed by atoms with van der Waals surface area (Å²) in [6, 6.07) is 0.305. The minimum Gasteiger partial charge on any atom is -0.481 e. The fraction of sp³-hybridized carbons (Fsp3) is 0.857. The number of carboxylic acids is 1. The molecule has 0 spiro atoms. The second-order valence-corrected chi connectivity index (χ2v) is 5.99. The summed E-state index contributed by atoms with van der Waals surface area (Å²) in [7, 11) is 0. The minimum atomic E-state index is -0.746. The van der Waals surface area contributed by atoms with Crippen molar-refractivity contribution in [1.29, 1.82) is 0 Å². The Balaban J connectivity index is 1.74. The molecule has 0 unspecified atom stereocenters. The van der Waals surface area contributed by atoms with E-state index in [0.29, 0.717) is 38.0 Å². The molecule has 0 aromatic carbocycles. The van der Waals surface area contributed by atoms with Crippen LogP contribution >= 0.6 is 0 Å². The third-order valence-corrected chi connectivity index (χ3v) is 4.45. The van der Waals surface area contributed by atoms with Crippen LogP contribution in [0.5, 0.6) is 0 Å². The van der Waals surface area contributed by atoms with Crippen LogP contribution in [-0.2, 0) is 9.59 Å². The SMILES string of the molecule is C[C@@H]1CCCC[C@@H]1NC(=O)CN1CC[C@@H](C(=O)O)C1. The van der Waals surface area contributed by atoms with Crippen molar-refractivity contribution in [3.63, 3.8) is 0 Å². The number of rotatable bonds is 4. The number of nitrogens with one attached hydrogen (secondary N) is 1. The molecule has 2 N–H and O–H groups in total. The Labute approximate surface area is 114 Å². The van der Waals surface area contributed by atoms with Crippen LogP contribution in [0.25, 0.3) is 0 Å². The number of aliphatic carboxylic acids is 1. The van der Waals surface area contributed by atoms with Crippen LogP contribution in [0.3, 0.4) is 0 Å². The van der Waals surface area contributed by atoms with Crippen LogP contribution in [0.15, 0.2) is 0 Å². The first-order valence-electron chi connectivity index (χ1n) is 7.31. The Bertz CT molecular complexity index is 346. The molecule has 0 bridgehead atoms. The summed E-state index contributed by atoms with van der Waals surface area (Å²) in [6.07, 6.45) is 5.38. The fourth-order valence-corrected chi connectivity index (χ4v) is 3.16. The molecule has 1 saturated carbocycles. The Morgan fingerprint density at radius 3 is 2.63 bits per heavy atom. The first kappa shape index (κ1) is 14.3. The van der Waals surface area contributed by atoms with Gasteiger partial charge in [-0.3, -0.25) is 14.5 Å². The number of hydrogen-bond acceptors (Lipinski definition) is 3. The first-order valence-corrected chi connectivity index (χ1v) is 7.31. The highest BCUT2D eigenvalue weighted by molar-refractivity contribution is 5.78. The molecule has 1 amide bonds. The van der Waals surface area contributed by atoms with Crippen LogP contribution in [0.4, 0.5) is 0 Å². The van der Waals surface area contributed by atoms with Gasteiger partial charge in [-0.15, -0.1) is 0 Å². The summed E-state index contributed by atoms with van der Waals surface area (Å²) < 4.78 is 0. The number of carboxylic acid groups (broad SMARTS) is 1. The molecule has 19 heavy (non-hydrogen) atoms. The molecule has 5 heteroatoms. The van der Waals surface area contributed by atoms with Crippen molar-refractivity contribution in [1.82, 2.24) is 10.2 Å². The lowest BCUT2D eigenvalue weighted by Gasteiger charge is -2.30. The smallest absolute Gasteiger partial charge is 0.307 e. The molecule has 3 atom stereocenters. The number of nitrogens with zero attached hydrogens (tertiary/aromatic N) is 1. The summed E-state index contributed by atoms with van der Waals surface area (Å²) in [5.74, 6) is -0.446. The van der Waals surface area contributed by atoms with Crippen molar-refractivity contribution >= 4 is 11.9 Å². The molecule has 1 aliphatic heterocycles. The number of likely N-dealkylation sites (tertiary alicyclic amines) is 1.